The van der Waals surface area contributed by atoms with Gasteiger partial charge < -0.3 is 0 Å². The predicted molar refractivity (Wildman–Crippen MR) is 78.7 cm³/mol. The molecule has 0 radical (unpaired) electrons. The van der Waals surface area contributed by atoms with Crippen LogP contribution in [-0.2, 0) is 9.84 Å². The van der Waals surface area contributed by atoms with E-state index in [1.165, 1.54) is 20.5 Å². The Balaban J connectivity index is 2.02. The Bertz CT molecular complexity index is 587. The molecule has 0 aliphatic rings. The molecule has 0 amide bonds. The predicted octanol–water partition coefficient (Wildman–Crippen LogP) is 2.29. The molecule has 1 atom stereocenters. The fourth-order valence-corrected chi connectivity index (χ4v) is 4.72. The molecule has 0 saturated heterocycles. The molecule has 3 N–H and O–H groups in total. The number of nitrogens with one attached hydrogen (secondary N) is 1. The number of nitrogens with two attached hydrogens (primary N) is 1. The second-order valence-electron chi connectivity index (χ2n) is 4.29. The normalized spacial score (nSPS) is 14.1. The van der Waals surface area contributed by atoms with Crippen LogP contribution in [0.25, 0.3) is 9.40 Å². The third-order valence-corrected chi connectivity index (χ3v) is 5.95. The second kappa shape index (κ2) is 5.66. The molecule has 0 aliphatic carbocycles. The van der Waals surface area contributed by atoms with Gasteiger partial charge in [0.15, 0.2) is 0 Å². The van der Waals surface area contributed by atoms with E-state index in [4.69, 9.17) is 5.84 Å². The summed E-state index contributed by atoms with van der Waals surface area (Å²) < 4.78 is 24.7. The molecule has 2 rings (SSSR count). The lowest BCUT2D eigenvalue weighted by molar-refractivity contribution is 0.515. The molecule has 0 bridgehead atoms. The quantitative estimate of drug-likeness (QED) is 0.634. The van der Waals surface area contributed by atoms with E-state index in [1.54, 1.807) is 22.7 Å². The second-order valence-corrected chi connectivity index (χ2v) is 8.61. The first-order valence-electron chi connectivity index (χ1n) is 5.60. The van der Waals surface area contributed by atoms with Crippen molar-refractivity contribution in [3.05, 3.63) is 22.4 Å². The first-order chi connectivity index (χ1) is 8.49. The third kappa shape index (κ3) is 3.52. The van der Waals surface area contributed by atoms with Gasteiger partial charge in [0.25, 0.3) is 0 Å². The maximum absolute atomic E-state index is 11.1. The lowest BCUT2D eigenvalue weighted by Gasteiger charge is -2.13. The van der Waals surface area contributed by atoms with Crippen molar-refractivity contribution in [3.8, 4) is 0 Å². The summed E-state index contributed by atoms with van der Waals surface area (Å²) in [7, 11) is -2.89. The highest BCUT2D eigenvalue weighted by atomic mass is 32.2. The lowest BCUT2D eigenvalue weighted by atomic mass is 10.1. The molecular formula is C11H16N2O2S3. The third-order valence-electron chi connectivity index (χ3n) is 2.71. The van der Waals surface area contributed by atoms with Gasteiger partial charge in [0.1, 0.15) is 9.84 Å². The molecule has 100 valence electrons. The molecule has 0 saturated carbocycles. The Kier molecular flexibility index (Phi) is 4.39. The van der Waals surface area contributed by atoms with Gasteiger partial charge in [-0.25, -0.2) is 8.42 Å². The van der Waals surface area contributed by atoms with Gasteiger partial charge in [0.05, 0.1) is 6.04 Å². The zero-order chi connectivity index (χ0) is 13.2. The van der Waals surface area contributed by atoms with E-state index in [0.29, 0.717) is 6.42 Å². The van der Waals surface area contributed by atoms with Crippen LogP contribution in [0.5, 0.6) is 0 Å². The van der Waals surface area contributed by atoms with Gasteiger partial charge in [-0.15, -0.1) is 22.7 Å². The van der Waals surface area contributed by atoms with E-state index in [2.05, 4.69) is 22.9 Å². The Morgan fingerprint density at radius 3 is 2.83 bits per heavy atom. The van der Waals surface area contributed by atoms with Gasteiger partial charge in [-0.1, -0.05) is 0 Å². The summed E-state index contributed by atoms with van der Waals surface area (Å²) in [4.78, 5) is 1.17. The van der Waals surface area contributed by atoms with Crippen molar-refractivity contribution in [2.75, 3.05) is 12.0 Å². The molecule has 0 fully saturated rings. The van der Waals surface area contributed by atoms with E-state index in [-0.39, 0.29) is 11.8 Å². The number of sulfone groups is 1. The van der Waals surface area contributed by atoms with Gasteiger partial charge in [0, 0.05) is 26.3 Å². The molecule has 0 aliphatic heterocycles. The van der Waals surface area contributed by atoms with Crippen LogP contribution in [-0.4, -0.2) is 20.4 Å². The zero-order valence-corrected chi connectivity index (χ0v) is 12.5. The Hall–Kier alpha value is -0.470. The van der Waals surface area contributed by atoms with E-state index in [1.807, 2.05) is 0 Å². The Labute approximate surface area is 115 Å². The van der Waals surface area contributed by atoms with Crippen LogP contribution in [0.15, 0.2) is 17.5 Å². The molecule has 1 unspecified atom stereocenters. The smallest absolute Gasteiger partial charge is 0.147 e. The minimum absolute atomic E-state index is 0.0383. The number of hydrazine groups is 1. The van der Waals surface area contributed by atoms with Gasteiger partial charge in [-0.2, -0.15) is 0 Å². The fraction of sp³-hybridized carbons (Fsp3) is 0.455. The van der Waals surface area contributed by atoms with Gasteiger partial charge in [-0.05, 0) is 30.4 Å². The summed E-state index contributed by atoms with van der Waals surface area (Å²) in [6.45, 7) is 0. The molecule has 4 nitrogen and oxygen atoms in total. The highest BCUT2D eigenvalue weighted by molar-refractivity contribution is 7.90. The van der Waals surface area contributed by atoms with Crippen molar-refractivity contribution >= 4 is 41.9 Å². The number of thiophene rings is 2. The van der Waals surface area contributed by atoms with Gasteiger partial charge >= 0.3 is 0 Å². The van der Waals surface area contributed by atoms with Crippen molar-refractivity contribution < 1.29 is 8.42 Å². The molecule has 7 heteroatoms. The van der Waals surface area contributed by atoms with Crippen molar-refractivity contribution in [3.63, 3.8) is 0 Å². The SMILES string of the molecule is CS(=O)(=O)CCCC(NN)c1cc2sccc2s1. The molecule has 2 aromatic rings. The van der Waals surface area contributed by atoms with Crippen LogP contribution in [0.2, 0.25) is 0 Å². The fourth-order valence-electron chi connectivity index (χ4n) is 1.81. The molecule has 0 spiro atoms. The monoisotopic (exact) mass is 304 g/mol. The van der Waals surface area contributed by atoms with Crippen LogP contribution in [0.3, 0.4) is 0 Å². The van der Waals surface area contributed by atoms with Gasteiger partial charge in [-0.3, -0.25) is 11.3 Å². The largest absolute Gasteiger partial charge is 0.271 e. The molecule has 2 aromatic heterocycles. The van der Waals surface area contributed by atoms with E-state index < -0.39 is 9.84 Å². The average Bonchev–Trinajstić information content (AvgIpc) is 2.82. The highest BCUT2D eigenvalue weighted by Crippen LogP contribution is 2.34. The van der Waals surface area contributed by atoms with Crippen LogP contribution in [0.1, 0.15) is 23.8 Å². The highest BCUT2D eigenvalue weighted by Gasteiger charge is 2.14. The van der Waals surface area contributed by atoms with E-state index in [9.17, 15) is 8.42 Å². The van der Waals surface area contributed by atoms with Gasteiger partial charge in [0.2, 0.25) is 0 Å². The number of hydrogen-bond donors (Lipinski definition) is 2. The Morgan fingerprint density at radius 2 is 2.22 bits per heavy atom. The topological polar surface area (TPSA) is 72.2 Å². The summed E-state index contributed by atoms with van der Waals surface area (Å²) in [5.41, 5.74) is 2.78. The summed E-state index contributed by atoms with van der Waals surface area (Å²) >= 11 is 3.42. The van der Waals surface area contributed by atoms with Crippen molar-refractivity contribution in [1.82, 2.24) is 5.43 Å². The summed E-state index contributed by atoms with van der Waals surface area (Å²) in [5, 5.41) is 2.07. The van der Waals surface area contributed by atoms with Crippen molar-refractivity contribution in [2.24, 2.45) is 5.84 Å². The molecular weight excluding hydrogens is 288 g/mol. The first kappa shape index (κ1) is 14.0. The van der Waals surface area contributed by atoms with Crippen LogP contribution in [0, 0.1) is 0 Å². The maximum atomic E-state index is 11.1. The van der Waals surface area contributed by atoms with Crippen molar-refractivity contribution in [1.29, 1.82) is 0 Å². The minimum atomic E-state index is -2.89. The van der Waals surface area contributed by atoms with Crippen LogP contribution in [0.4, 0.5) is 0 Å². The molecule has 0 aromatic carbocycles. The summed E-state index contributed by atoms with van der Waals surface area (Å²) in [6, 6.07) is 4.27. The molecule has 18 heavy (non-hydrogen) atoms. The standard InChI is InChI=1S/C11H16N2O2S3/c1-18(14,15)6-2-3-8(13-12)10-7-11-9(17-10)4-5-16-11/h4-5,7-8,13H,2-3,6,12H2,1H3. The van der Waals surface area contributed by atoms with Crippen LogP contribution < -0.4 is 11.3 Å². The van der Waals surface area contributed by atoms with Crippen molar-refractivity contribution in [2.45, 2.75) is 18.9 Å². The minimum Gasteiger partial charge on any atom is -0.271 e. The first-order valence-corrected chi connectivity index (χ1v) is 9.36. The Morgan fingerprint density at radius 1 is 1.44 bits per heavy atom. The number of rotatable bonds is 6. The van der Waals surface area contributed by atoms with E-state index >= 15 is 0 Å². The molecule has 2 heterocycles. The average molecular weight is 304 g/mol. The summed E-state index contributed by atoms with van der Waals surface area (Å²) in [6.07, 6.45) is 2.62. The lowest BCUT2D eigenvalue weighted by Crippen LogP contribution is -2.27. The maximum Gasteiger partial charge on any atom is 0.147 e. The van der Waals surface area contributed by atoms with Crippen LogP contribution >= 0.6 is 22.7 Å². The number of hydrogen-bond acceptors (Lipinski definition) is 6. The summed E-state index contributed by atoms with van der Waals surface area (Å²) in [5.74, 6) is 5.77. The van der Waals surface area contributed by atoms with E-state index in [0.717, 1.165) is 6.42 Å². The number of fused-ring (bicyclic) bond motifs is 1. The zero-order valence-electron chi connectivity index (χ0n) is 10.0.